The average molecular weight is 226 g/mol. The predicted octanol–water partition coefficient (Wildman–Crippen LogP) is 1.49. The van der Waals surface area contributed by atoms with E-state index in [-0.39, 0.29) is 0 Å². The van der Waals surface area contributed by atoms with Crippen LogP contribution >= 0.6 is 0 Å². The van der Waals surface area contributed by atoms with Crippen LogP contribution in [-0.4, -0.2) is 49.8 Å². The van der Waals surface area contributed by atoms with E-state index >= 15 is 0 Å². The molecule has 3 nitrogen and oxygen atoms in total. The molecule has 0 spiro atoms. The lowest BCUT2D eigenvalue weighted by molar-refractivity contribution is 0.0922. The predicted molar refractivity (Wildman–Crippen MR) is 66.7 cm³/mol. The highest BCUT2D eigenvalue weighted by Gasteiger charge is 2.30. The van der Waals surface area contributed by atoms with Crippen molar-refractivity contribution < 1.29 is 4.74 Å². The van der Waals surface area contributed by atoms with Crippen molar-refractivity contribution in [3.05, 3.63) is 0 Å². The third-order valence-corrected chi connectivity index (χ3v) is 4.14. The molecule has 2 aliphatic heterocycles. The molecule has 0 aromatic rings. The first kappa shape index (κ1) is 12.3. The van der Waals surface area contributed by atoms with Crippen molar-refractivity contribution in [2.24, 2.45) is 5.92 Å². The fourth-order valence-corrected chi connectivity index (χ4v) is 3.08. The van der Waals surface area contributed by atoms with Gasteiger partial charge in [0.2, 0.25) is 0 Å². The largest absolute Gasteiger partial charge is 0.380 e. The summed E-state index contributed by atoms with van der Waals surface area (Å²) < 4.78 is 5.50. The Morgan fingerprint density at radius 2 is 2.31 bits per heavy atom. The maximum Gasteiger partial charge on any atom is 0.0622 e. The van der Waals surface area contributed by atoms with Crippen molar-refractivity contribution in [1.29, 1.82) is 0 Å². The molecule has 0 aromatic carbocycles. The summed E-state index contributed by atoms with van der Waals surface area (Å²) in [5.74, 6) is 0.828. The summed E-state index contributed by atoms with van der Waals surface area (Å²) in [6.45, 7) is 10.1. The second-order valence-electron chi connectivity index (χ2n) is 5.26. The lowest BCUT2D eigenvalue weighted by atomic mass is 9.90. The molecule has 3 heteroatoms. The number of rotatable bonds is 4. The van der Waals surface area contributed by atoms with Crippen LogP contribution in [0.2, 0.25) is 0 Å². The monoisotopic (exact) mass is 226 g/mol. The summed E-state index contributed by atoms with van der Waals surface area (Å²) >= 11 is 0. The third-order valence-electron chi connectivity index (χ3n) is 4.14. The molecule has 2 heterocycles. The number of piperidine rings is 1. The van der Waals surface area contributed by atoms with Crippen LogP contribution < -0.4 is 5.32 Å². The van der Waals surface area contributed by atoms with Crippen LogP contribution in [0, 0.1) is 5.92 Å². The van der Waals surface area contributed by atoms with Gasteiger partial charge in [-0.15, -0.1) is 0 Å². The molecule has 0 aromatic heterocycles. The highest BCUT2D eigenvalue weighted by molar-refractivity contribution is 4.85. The molecule has 0 bridgehead atoms. The standard InChI is InChI=1S/C13H26N2O/c1-3-14-11(2)12-5-4-7-15(9-12)13-6-8-16-10-13/h11-14H,3-10H2,1-2H3. The maximum atomic E-state index is 5.50. The van der Waals surface area contributed by atoms with Gasteiger partial charge in [0.25, 0.3) is 0 Å². The molecule has 94 valence electrons. The average Bonchev–Trinajstić information content (AvgIpc) is 2.83. The van der Waals surface area contributed by atoms with E-state index in [9.17, 15) is 0 Å². The summed E-state index contributed by atoms with van der Waals surface area (Å²) in [7, 11) is 0. The summed E-state index contributed by atoms with van der Waals surface area (Å²) in [5.41, 5.74) is 0. The Labute approximate surface area is 99.5 Å². The lowest BCUT2D eigenvalue weighted by Crippen LogP contribution is -2.48. The smallest absolute Gasteiger partial charge is 0.0622 e. The zero-order chi connectivity index (χ0) is 11.4. The minimum absolute atomic E-state index is 0.662. The SMILES string of the molecule is CCNC(C)C1CCCN(C2CCOC2)C1. The van der Waals surface area contributed by atoms with E-state index in [1.165, 1.54) is 32.4 Å². The van der Waals surface area contributed by atoms with Crippen LogP contribution in [0.25, 0.3) is 0 Å². The van der Waals surface area contributed by atoms with Gasteiger partial charge in [-0.3, -0.25) is 4.90 Å². The first-order valence-corrected chi connectivity index (χ1v) is 6.86. The third kappa shape index (κ3) is 2.96. The number of nitrogens with one attached hydrogen (secondary N) is 1. The van der Waals surface area contributed by atoms with Crippen molar-refractivity contribution in [3.63, 3.8) is 0 Å². The van der Waals surface area contributed by atoms with E-state index in [2.05, 4.69) is 24.1 Å². The zero-order valence-electron chi connectivity index (χ0n) is 10.7. The van der Waals surface area contributed by atoms with Gasteiger partial charge in [0.05, 0.1) is 6.61 Å². The lowest BCUT2D eigenvalue weighted by Gasteiger charge is -2.38. The second-order valence-corrected chi connectivity index (χ2v) is 5.26. The number of hydrogen-bond donors (Lipinski definition) is 1. The van der Waals surface area contributed by atoms with Crippen LogP contribution in [0.4, 0.5) is 0 Å². The number of likely N-dealkylation sites (tertiary alicyclic amines) is 1. The van der Waals surface area contributed by atoms with Crippen molar-refractivity contribution in [1.82, 2.24) is 10.2 Å². The Morgan fingerprint density at radius 1 is 1.44 bits per heavy atom. The van der Waals surface area contributed by atoms with Crippen LogP contribution in [0.15, 0.2) is 0 Å². The molecule has 0 saturated carbocycles. The highest BCUT2D eigenvalue weighted by Crippen LogP contribution is 2.24. The van der Waals surface area contributed by atoms with Gasteiger partial charge in [0, 0.05) is 25.2 Å². The Kier molecular flexibility index (Phi) is 4.62. The quantitative estimate of drug-likeness (QED) is 0.786. The van der Waals surface area contributed by atoms with Crippen molar-refractivity contribution >= 4 is 0 Å². The Hall–Kier alpha value is -0.120. The highest BCUT2D eigenvalue weighted by atomic mass is 16.5. The van der Waals surface area contributed by atoms with Crippen LogP contribution in [-0.2, 0) is 4.74 Å². The van der Waals surface area contributed by atoms with Gasteiger partial charge in [-0.05, 0) is 45.2 Å². The molecule has 16 heavy (non-hydrogen) atoms. The van der Waals surface area contributed by atoms with Crippen molar-refractivity contribution in [2.45, 2.75) is 45.2 Å². The molecule has 0 aliphatic carbocycles. The topological polar surface area (TPSA) is 24.5 Å². The van der Waals surface area contributed by atoms with Gasteiger partial charge in [0.1, 0.15) is 0 Å². The van der Waals surface area contributed by atoms with Gasteiger partial charge in [-0.2, -0.15) is 0 Å². The fourth-order valence-electron chi connectivity index (χ4n) is 3.08. The van der Waals surface area contributed by atoms with E-state index in [0.717, 1.165) is 25.7 Å². The minimum Gasteiger partial charge on any atom is -0.380 e. The summed E-state index contributed by atoms with van der Waals surface area (Å²) in [6, 6.07) is 1.37. The zero-order valence-corrected chi connectivity index (χ0v) is 10.7. The number of hydrogen-bond acceptors (Lipinski definition) is 3. The van der Waals surface area contributed by atoms with Gasteiger partial charge >= 0.3 is 0 Å². The van der Waals surface area contributed by atoms with E-state index in [0.29, 0.717) is 12.1 Å². The molecule has 2 aliphatic rings. The van der Waals surface area contributed by atoms with Gasteiger partial charge in [0.15, 0.2) is 0 Å². The molecule has 2 saturated heterocycles. The van der Waals surface area contributed by atoms with Crippen molar-refractivity contribution in [2.75, 3.05) is 32.8 Å². The molecule has 0 radical (unpaired) electrons. The van der Waals surface area contributed by atoms with Crippen molar-refractivity contribution in [3.8, 4) is 0 Å². The molecule has 3 unspecified atom stereocenters. The Morgan fingerprint density at radius 3 is 3.00 bits per heavy atom. The Bertz CT molecular complexity index is 204. The molecular weight excluding hydrogens is 200 g/mol. The second kappa shape index (κ2) is 5.99. The molecular formula is C13H26N2O. The molecule has 0 amide bonds. The van der Waals surface area contributed by atoms with Crippen LogP contribution in [0.3, 0.4) is 0 Å². The first-order chi connectivity index (χ1) is 7.81. The van der Waals surface area contributed by atoms with E-state index in [1.54, 1.807) is 0 Å². The number of nitrogens with zero attached hydrogens (tertiary/aromatic N) is 1. The van der Waals surface area contributed by atoms with Crippen LogP contribution in [0.1, 0.15) is 33.1 Å². The Balaban J connectivity index is 1.83. The normalized spacial score (nSPS) is 34.1. The first-order valence-electron chi connectivity index (χ1n) is 6.86. The molecule has 2 fully saturated rings. The number of ether oxygens (including phenoxy) is 1. The summed E-state index contributed by atoms with van der Waals surface area (Å²) in [6.07, 6.45) is 3.98. The van der Waals surface area contributed by atoms with Gasteiger partial charge in [-0.1, -0.05) is 6.92 Å². The van der Waals surface area contributed by atoms with Gasteiger partial charge in [-0.25, -0.2) is 0 Å². The molecule has 3 atom stereocenters. The van der Waals surface area contributed by atoms with Gasteiger partial charge < -0.3 is 10.1 Å². The summed E-state index contributed by atoms with van der Waals surface area (Å²) in [4.78, 5) is 2.66. The molecule has 2 rings (SSSR count). The summed E-state index contributed by atoms with van der Waals surface area (Å²) in [5, 5.41) is 3.57. The molecule has 1 N–H and O–H groups in total. The fraction of sp³-hybridized carbons (Fsp3) is 1.00. The van der Waals surface area contributed by atoms with E-state index in [1.807, 2.05) is 0 Å². The van der Waals surface area contributed by atoms with E-state index < -0.39 is 0 Å². The minimum atomic E-state index is 0.662. The van der Waals surface area contributed by atoms with Crippen LogP contribution in [0.5, 0.6) is 0 Å². The van der Waals surface area contributed by atoms with E-state index in [4.69, 9.17) is 4.74 Å². The maximum absolute atomic E-state index is 5.50.